The number of carboxylic acids is 1. The van der Waals surface area contributed by atoms with Crippen molar-refractivity contribution in [1.82, 2.24) is 0 Å². The zero-order valence-corrected chi connectivity index (χ0v) is 10.4. The first-order valence-corrected chi connectivity index (χ1v) is 5.81. The summed E-state index contributed by atoms with van der Waals surface area (Å²) in [6, 6.07) is 9.68. The molecule has 98 valence electrons. The second-order valence-electron chi connectivity index (χ2n) is 4.40. The largest absolute Gasteiger partial charge is 0.507 e. The van der Waals surface area contributed by atoms with Gasteiger partial charge in [-0.1, -0.05) is 23.8 Å². The molecule has 0 saturated heterocycles. The van der Waals surface area contributed by atoms with E-state index in [2.05, 4.69) is 0 Å². The van der Waals surface area contributed by atoms with Gasteiger partial charge < -0.3 is 15.3 Å². The van der Waals surface area contributed by atoms with Crippen molar-refractivity contribution in [2.45, 2.75) is 13.3 Å². The van der Waals surface area contributed by atoms with Crippen LogP contribution in [0.25, 0.3) is 11.1 Å². The molecule has 0 saturated carbocycles. The van der Waals surface area contributed by atoms with Gasteiger partial charge in [0, 0.05) is 11.1 Å². The SMILES string of the molecule is Cc1ccc(O)c(-c2c(O)cccc2CC(=O)O)c1. The molecule has 4 heteroatoms. The van der Waals surface area contributed by atoms with Gasteiger partial charge in [0.1, 0.15) is 11.5 Å². The number of hydrogen-bond acceptors (Lipinski definition) is 3. The highest BCUT2D eigenvalue weighted by Crippen LogP contribution is 2.38. The van der Waals surface area contributed by atoms with Crippen LogP contribution in [0.1, 0.15) is 11.1 Å². The van der Waals surface area contributed by atoms with Gasteiger partial charge in [0.25, 0.3) is 0 Å². The second-order valence-corrected chi connectivity index (χ2v) is 4.40. The number of phenolic OH excluding ortho intramolecular Hbond substituents is 2. The molecule has 3 N–H and O–H groups in total. The van der Waals surface area contributed by atoms with Crippen molar-refractivity contribution in [2.24, 2.45) is 0 Å². The minimum Gasteiger partial charge on any atom is -0.507 e. The molecule has 0 heterocycles. The lowest BCUT2D eigenvalue weighted by Gasteiger charge is -2.12. The molecule has 0 spiro atoms. The van der Waals surface area contributed by atoms with Crippen LogP contribution in [0.2, 0.25) is 0 Å². The molecule has 2 rings (SSSR count). The normalized spacial score (nSPS) is 10.4. The van der Waals surface area contributed by atoms with Gasteiger partial charge in [-0.2, -0.15) is 0 Å². The lowest BCUT2D eigenvalue weighted by molar-refractivity contribution is -0.136. The number of aliphatic carboxylic acids is 1. The van der Waals surface area contributed by atoms with E-state index >= 15 is 0 Å². The zero-order valence-electron chi connectivity index (χ0n) is 10.4. The average molecular weight is 258 g/mol. The fourth-order valence-corrected chi connectivity index (χ4v) is 2.06. The van der Waals surface area contributed by atoms with E-state index < -0.39 is 5.97 Å². The number of aryl methyl sites for hydroxylation is 1. The first-order valence-electron chi connectivity index (χ1n) is 5.81. The molecule has 4 nitrogen and oxygen atoms in total. The Bertz CT molecular complexity index is 632. The summed E-state index contributed by atoms with van der Waals surface area (Å²) >= 11 is 0. The van der Waals surface area contributed by atoms with Crippen molar-refractivity contribution in [3.05, 3.63) is 47.5 Å². The van der Waals surface area contributed by atoms with Gasteiger partial charge in [-0.15, -0.1) is 0 Å². The fraction of sp³-hybridized carbons (Fsp3) is 0.133. The first kappa shape index (κ1) is 13.0. The van der Waals surface area contributed by atoms with Crippen molar-refractivity contribution in [2.75, 3.05) is 0 Å². The Labute approximate surface area is 110 Å². The van der Waals surface area contributed by atoms with Crippen LogP contribution in [0.5, 0.6) is 11.5 Å². The number of phenols is 2. The molecule has 0 fully saturated rings. The molecule has 19 heavy (non-hydrogen) atoms. The van der Waals surface area contributed by atoms with E-state index in [0.29, 0.717) is 16.7 Å². The Hall–Kier alpha value is -2.49. The number of rotatable bonds is 3. The number of benzene rings is 2. The van der Waals surface area contributed by atoms with Crippen molar-refractivity contribution in [3.63, 3.8) is 0 Å². The maximum absolute atomic E-state index is 10.9. The molecule has 0 aliphatic heterocycles. The highest BCUT2D eigenvalue weighted by molar-refractivity contribution is 5.82. The average Bonchev–Trinajstić information content (AvgIpc) is 2.32. The third-order valence-electron chi connectivity index (χ3n) is 2.89. The van der Waals surface area contributed by atoms with Gasteiger partial charge in [0.2, 0.25) is 0 Å². The number of carboxylic acid groups (broad SMARTS) is 1. The number of hydrogen-bond donors (Lipinski definition) is 3. The molecule has 0 unspecified atom stereocenters. The Balaban J connectivity index is 2.66. The van der Waals surface area contributed by atoms with Crippen LogP contribution >= 0.6 is 0 Å². The van der Waals surface area contributed by atoms with Gasteiger partial charge in [0.15, 0.2) is 0 Å². The number of carbonyl (C=O) groups is 1. The third-order valence-corrected chi connectivity index (χ3v) is 2.89. The van der Waals surface area contributed by atoms with Gasteiger partial charge in [0.05, 0.1) is 6.42 Å². The molecule has 2 aromatic rings. The Morgan fingerprint density at radius 3 is 2.53 bits per heavy atom. The summed E-state index contributed by atoms with van der Waals surface area (Å²) in [5, 5.41) is 28.8. The molecule has 0 aliphatic rings. The van der Waals surface area contributed by atoms with Crippen LogP contribution in [-0.2, 0) is 11.2 Å². The van der Waals surface area contributed by atoms with E-state index in [4.69, 9.17) is 5.11 Å². The highest BCUT2D eigenvalue weighted by Gasteiger charge is 2.15. The summed E-state index contributed by atoms with van der Waals surface area (Å²) in [5.74, 6) is -1.02. The van der Waals surface area contributed by atoms with Crippen molar-refractivity contribution < 1.29 is 20.1 Å². The maximum Gasteiger partial charge on any atom is 0.307 e. The van der Waals surface area contributed by atoms with E-state index in [1.54, 1.807) is 24.3 Å². The molecular weight excluding hydrogens is 244 g/mol. The topological polar surface area (TPSA) is 77.8 Å². The van der Waals surface area contributed by atoms with Crippen molar-refractivity contribution in [3.8, 4) is 22.6 Å². The third kappa shape index (κ3) is 2.68. The fourth-order valence-electron chi connectivity index (χ4n) is 2.06. The maximum atomic E-state index is 10.9. The molecule has 0 atom stereocenters. The van der Waals surface area contributed by atoms with E-state index in [1.807, 2.05) is 6.92 Å². The molecular formula is C15H14O4. The zero-order chi connectivity index (χ0) is 14.0. The van der Waals surface area contributed by atoms with Gasteiger partial charge in [-0.25, -0.2) is 0 Å². The van der Waals surface area contributed by atoms with E-state index in [1.165, 1.54) is 12.1 Å². The first-order chi connectivity index (χ1) is 8.99. The van der Waals surface area contributed by atoms with Crippen LogP contribution in [0.4, 0.5) is 0 Å². The summed E-state index contributed by atoms with van der Waals surface area (Å²) in [5.41, 5.74) is 2.19. The summed E-state index contributed by atoms with van der Waals surface area (Å²) < 4.78 is 0. The Morgan fingerprint density at radius 2 is 1.84 bits per heavy atom. The molecule has 0 aromatic heterocycles. The number of aromatic hydroxyl groups is 2. The van der Waals surface area contributed by atoms with Gasteiger partial charge >= 0.3 is 5.97 Å². The highest BCUT2D eigenvalue weighted by atomic mass is 16.4. The van der Waals surface area contributed by atoms with Crippen molar-refractivity contribution in [1.29, 1.82) is 0 Å². The summed E-state index contributed by atoms with van der Waals surface area (Å²) in [6.07, 6.45) is -0.211. The monoisotopic (exact) mass is 258 g/mol. The summed E-state index contributed by atoms with van der Waals surface area (Å²) in [4.78, 5) is 10.9. The standard InChI is InChI=1S/C15H14O4/c1-9-5-6-12(16)11(7-9)15-10(8-14(18)19)3-2-4-13(15)17/h2-7,16-17H,8H2,1H3,(H,18,19). The van der Waals surface area contributed by atoms with Crippen LogP contribution in [-0.4, -0.2) is 21.3 Å². The Kier molecular flexibility index (Phi) is 3.42. The van der Waals surface area contributed by atoms with Crippen LogP contribution < -0.4 is 0 Å². The predicted molar refractivity (Wildman–Crippen MR) is 71.3 cm³/mol. The van der Waals surface area contributed by atoms with Gasteiger partial charge in [-0.3, -0.25) is 4.79 Å². The molecule has 0 bridgehead atoms. The molecule has 0 amide bonds. The van der Waals surface area contributed by atoms with Gasteiger partial charge in [-0.05, 0) is 30.7 Å². The van der Waals surface area contributed by atoms with Crippen LogP contribution in [0, 0.1) is 6.92 Å². The summed E-state index contributed by atoms with van der Waals surface area (Å²) in [6.45, 7) is 1.86. The van der Waals surface area contributed by atoms with E-state index in [0.717, 1.165) is 5.56 Å². The quantitative estimate of drug-likeness (QED) is 0.791. The molecule has 0 aliphatic carbocycles. The minimum absolute atomic E-state index is 0.0127. The smallest absolute Gasteiger partial charge is 0.307 e. The lowest BCUT2D eigenvalue weighted by atomic mass is 9.95. The predicted octanol–water partition coefficient (Wildman–Crippen LogP) is 2.70. The molecule has 2 aromatic carbocycles. The molecule has 0 radical (unpaired) electrons. The lowest BCUT2D eigenvalue weighted by Crippen LogP contribution is -2.02. The van der Waals surface area contributed by atoms with Crippen molar-refractivity contribution >= 4 is 5.97 Å². The van der Waals surface area contributed by atoms with E-state index in [9.17, 15) is 15.0 Å². The Morgan fingerprint density at radius 1 is 1.11 bits per heavy atom. The minimum atomic E-state index is -0.987. The van der Waals surface area contributed by atoms with Crippen LogP contribution in [0.15, 0.2) is 36.4 Å². The summed E-state index contributed by atoms with van der Waals surface area (Å²) in [7, 11) is 0. The van der Waals surface area contributed by atoms with Crippen LogP contribution in [0.3, 0.4) is 0 Å². The second kappa shape index (κ2) is 5.02. The van der Waals surface area contributed by atoms with E-state index in [-0.39, 0.29) is 17.9 Å².